The van der Waals surface area contributed by atoms with Gasteiger partial charge in [0.25, 0.3) is 5.91 Å². The molecule has 4 atom stereocenters. The summed E-state index contributed by atoms with van der Waals surface area (Å²) in [6, 6.07) is 23.6. The van der Waals surface area contributed by atoms with Crippen LogP contribution in [0.15, 0.2) is 91.3 Å². The lowest BCUT2D eigenvalue weighted by Gasteiger charge is -2.29. The van der Waals surface area contributed by atoms with E-state index in [1.807, 2.05) is 50.2 Å². The lowest BCUT2D eigenvalue weighted by molar-refractivity contribution is -0.135. The van der Waals surface area contributed by atoms with Crippen LogP contribution in [0.2, 0.25) is 0 Å². The molecule has 15 heteroatoms. The molecule has 5 heterocycles. The number of carbonyl (C=O) groups is 4. The summed E-state index contributed by atoms with van der Waals surface area (Å²) in [5.74, 6) is 1.53. The maximum atomic E-state index is 14.0. The second kappa shape index (κ2) is 16.7. The summed E-state index contributed by atoms with van der Waals surface area (Å²) in [4.78, 5) is 71.1. The van der Waals surface area contributed by atoms with Crippen molar-refractivity contribution in [1.82, 2.24) is 40.4 Å². The van der Waals surface area contributed by atoms with Gasteiger partial charge in [0.2, 0.25) is 5.91 Å². The quantitative estimate of drug-likeness (QED) is 0.0912. The first kappa shape index (κ1) is 40.3. The van der Waals surface area contributed by atoms with Crippen molar-refractivity contribution >= 4 is 34.8 Å². The van der Waals surface area contributed by atoms with Crippen molar-refractivity contribution < 1.29 is 33.8 Å². The van der Waals surface area contributed by atoms with E-state index >= 15 is 0 Å². The van der Waals surface area contributed by atoms with Crippen LogP contribution in [-0.2, 0) is 20.9 Å². The number of aromatic nitrogens is 4. The van der Waals surface area contributed by atoms with Crippen molar-refractivity contribution in [3.8, 4) is 39.4 Å². The summed E-state index contributed by atoms with van der Waals surface area (Å²) in [7, 11) is 1.28. The number of fused-ring (bicyclic) bond motifs is 5. The van der Waals surface area contributed by atoms with Gasteiger partial charge in [-0.05, 0) is 77.4 Å². The van der Waals surface area contributed by atoms with Crippen LogP contribution in [0.5, 0.6) is 5.75 Å². The summed E-state index contributed by atoms with van der Waals surface area (Å²) < 4.78 is 11.3. The Hall–Kier alpha value is -7.16. The Balaban J connectivity index is 0.917. The highest BCUT2D eigenvalue weighted by Crippen LogP contribution is 2.44. The van der Waals surface area contributed by atoms with Crippen molar-refractivity contribution in [2.75, 3.05) is 20.2 Å². The fourth-order valence-electron chi connectivity index (χ4n) is 9.17. The SMILES string of the molecule is COC(=O)N[C@@H](C(=O)N1CCC[C@H]1c1ncc(-c2ccc3c(c2)COc2c-3ccc3cc(-c4cnc([C@@H]5CCCN5C(=O)[C@@H](NC(=O)O)C(C)C)[nH]4)ccc23)[nH]1)c1ccccc1. The summed E-state index contributed by atoms with van der Waals surface area (Å²) in [6.07, 6.45) is 4.78. The van der Waals surface area contributed by atoms with Crippen molar-refractivity contribution in [2.45, 2.75) is 70.3 Å². The lowest BCUT2D eigenvalue weighted by Crippen LogP contribution is -2.50. The van der Waals surface area contributed by atoms with Crippen LogP contribution >= 0.6 is 0 Å². The molecule has 62 heavy (non-hydrogen) atoms. The number of rotatable bonds is 10. The van der Waals surface area contributed by atoms with Gasteiger partial charge in [0.05, 0.1) is 43.0 Å². The average molecular weight is 837 g/mol. The molecule has 0 unspecified atom stereocenters. The highest BCUT2D eigenvalue weighted by Gasteiger charge is 2.39. The Bertz CT molecular complexity index is 2680. The number of H-pyrrole nitrogens is 2. The molecule has 2 fully saturated rings. The first-order chi connectivity index (χ1) is 30.1. The van der Waals surface area contributed by atoms with E-state index in [-0.39, 0.29) is 29.8 Å². The zero-order chi connectivity index (χ0) is 43.1. The van der Waals surface area contributed by atoms with E-state index in [0.717, 1.165) is 81.4 Å². The fraction of sp³-hybridized carbons (Fsp3) is 0.319. The largest absolute Gasteiger partial charge is 0.488 e. The average Bonchev–Trinajstić information content (AvgIpc) is 4.14. The summed E-state index contributed by atoms with van der Waals surface area (Å²) in [5.41, 5.74) is 7.35. The van der Waals surface area contributed by atoms with E-state index < -0.39 is 24.3 Å². The van der Waals surface area contributed by atoms with Crippen LogP contribution in [0.1, 0.15) is 80.4 Å². The van der Waals surface area contributed by atoms with Gasteiger partial charge < -0.3 is 45.0 Å². The molecule has 15 nitrogen and oxygen atoms in total. The second-order valence-electron chi connectivity index (χ2n) is 16.4. The molecule has 3 aliphatic rings. The van der Waals surface area contributed by atoms with Crippen LogP contribution in [0, 0.1) is 5.92 Å². The molecule has 0 saturated carbocycles. The number of imidazole rings is 2. The number of carboxylic acid groups (broad SMARTS) is 1. The summed E-state index contributed by atoms with van der Waals surface area (Å²) >= 11 is 0. The van der Waals surface area contributed by atoms with Crippen LogP contribution < -0.4 is 15.4 Å². The van der Waals surface area contributed by atoms with Crippen molar-refractivity contribution in [3.05, 3.63) is 114 Å². The lowest BCUT2D eigenvalue weighted by atomic mass is 9.92. The summed E-state index contributed by atoms with van der Waals surface area (Å²) in [6.45, 7) is 5.13. The van der Waals surface area contributed by atoms with Gasteiger partial charge in [0.15, 0.2) is 0 Å². The van der Waals surface area contributed by atoms with Gasteiger partial charge in [-0.1, -0.05) is 74.5 Å². The molecule has 0 bridgehead atoms. The molecule has 9 rings (SSSR count). The van der Waals surface area contributed by atoms with Gasteiger partial charge in [0, 0.05) is 29.6 Å². The van der Waals surface area contributed by atoms with Gasteiger partial charge in [-0.3, -0.25) is 9.59 Å². The zero-order valence-corrected chi connectivity index (χ0v) is 34.7. The third-order valence-corrected chi connectivity index (χ3v) is 12.3. The van der Waals surface area contributed by atoms with E-state index in [2.05, 4.69) is 68.1 Å². The number of hydrogen-bond donors (Lipinski definition) is 5. The molecule has 3 aliphatic heterocycles. The van der Waals surface area contributed by atoms with E-state index in [4.69, 9.17) is 14.5 Å². The normalized spacial score (nSPS) is 17.9. The zero-order valence-electron chi connectivity index (χ0n) is 34.7. The molecule has 5 N–H and O–H groups in total. The van der Waals surface area contributed by atoms with Crippen LogP contribution in [0.25, 0.3) is 44.4 Å². The molecule has 318 valence electrons. The van der Waals surface area contributed by atoms with E-state index in [9.17, 15) is 24.3 Å². The number of ether oxygens (including phenoxy) is 2. The number of benzene rings is 4. The number of amides is 4. The first-order valence-corrected chi connectivity index (χ1v) is 21.0. The van der Waals surface area contributed by atoms with E-state index in [1.165, 1.54) is 7.11 Å². The van der Waals surface area contributed by atoms with Crippen LogP contribution in [-0.4, -0.2) is 85.1 Å². The number of nitrogens with one attached hydrogen (secondary N) is 4. The fourth-order valence-corrected chi connectivity index (χ4v) is 9.17. The van der Waals surface area contributed by atoms with Gasteiger partial charge in [-0.25, -0.2) is 19.6 Å². The van der Waals surface area contributed by atoms with Crippen molar-refractivity contribution in [1.29, 1.82) is 0 Å². The van der Waals surface area contributed by atoms with Crippen molar-refractivity contribution in [3.63, 3.8) is 0 Å². The van der Waals surface area contributed by atoms with Crippen LogP contribution in [0.4, 0.5) is 9.59 Å². The standard InChI is InChI=1S/C47H48N8O7/c1-26(2)39(52-46(58)59)44(56)54-19-7-11-37(54)42-48-23-35(50-42)29-15-17-33-28(21-29)13-18-34-32-16-14-30(22-31(32)25-62-41(33)34)36-24-49-43(51-36)38-12-8-20-55(38)45(57)40(53-47(60)61-3)27-9-5-4-6-10-27/h4-6,9-10,13-18,21-24,26,37-40,52H,7-8,11-12,19-20,25H2,1-3H3,(H,48,50)(H,49,51)(H,53,60)(H,58,59)/t37-,38-,39-,40+/m0/s1. The minimum atomic E-state index is -1.22. The third-order valence-electron chi connectivity index (χ3n) is 12.3. The monoisotopic (exact) mass is 836 g/mol. The van der Waals surface area contributed by atoms with Crippen LogP contribution in [0.3, 0.4) is 0 Å². The van der Waals surface area contributed by atoms with Gasteiger partial charge in [0.1, 0.15) is 36.1 Å². The molecule has 0 spiro atoms. The molecule has 0 aliphatic carbocycles. The second-order valence-corrected chi connectivity index (χ2v) is 16.4. The Morgan fingerprint density at radius 3 is 2.06 bits per heavy atom. The number of nitrogens with zero attached hydrogens (tertiary/aromatic N) is 4. The number of hydrogen-bond acceptors (Lipinski definition) is 8. The predicted molar refractivity (Wildman–Crippen MR) is 231 cm³/mol. The Morgan fingerprint density at radius 2 is 1.42 bits per heavy atom. The minimum absolute atomic E-state index is 0.198. The predicted octanol–water partition coefficient (Wildman–Crippen LogP) is 7.90. The van der Waals surface area contributed by atoms with Crippen molar-refractivity contribution in [2.24, 2.45) is 5.92 Å². The molecule has 2 saturated heterocycles. The molecule has 4 amide bonds. The van der Waals surface area contributed by atoms with E-state index in [1.54, 1.807) is 22.2 Å². The molecular weight excluding hydrogens is 789 g/mol. The van der Waals surface area contributed by atoms with Gasteiger partial charge in [-0.2, -0.15) is 0 Å². The third kappa shape index (κ3) is 7.58. The summed E-state index contributed by atoms with van der Waals surface area (Å²) in [5, 5.41) is 16.5. The van der Waals surface area contributed by atoms with E-state index in [0.29, 0.717) is 36.9 Å². The molecule has 4 aromatic carbocycles. The number of likely N-dealkylation sites (tertiary alicyclic amines) is 2. The maximum absolute atomic E-state index is 14.0. The van der Waals surface area contributed by atoms with Gasteiger partial charge >= 0.3 is 12.2 Å². The van der Waals surface area contributed by atoms with Gasteiger partial charge in [-0.15, -0.1) is 0 Å². The topological polar surface area (TPSA) is 195 Å². The smallest absolute Gasteiger partial charge is 0.407 e. The number of carbonyl (C=O) groups excluding carboxylic acids is 3. The number of aromatic amines is 2. The molecule has 2 aromatic heterocycles. The molecular formula is C47H48N8O7. The Labute approximate surface area is 357 Å². The Kier molecular flexibility index (Phi) is 10.9. The first-order valence-electron chi connectivity index (χ1n) is 21.0. The molecule has 6 aromatic rings. The highest BCUT2D eigenvalue weighted by molar-refractivity contribution is 5.98. The minimum Gasteiger partial charge on any atom is -0.488 e. The maximum Gasteiger partial charge on any atom is 0.407 e. The molecule has 0 radical (unpaired) electrons. The highest BCUT2D eigenvalue weighted by atomic mass is 16.5. The number of alkyl carbamates (subject to hydrolysis) is 1. The number of methoxy groups -OCH3 is 1. The Morgan fingerprint density at radius 1 is 0.790 bits per heavy atom.